The summed E-state index contributed by atoms with van der Waals surface area (Å²) in [6.07, 6.45) is 3.78. The molecular weight excluding hydrogens is 391 g/mol. The maximum Gasteiger partial charge on any atom is 0.218 e. The third kappa shape index (κ3) is 7.82. The van der Waals surface area contributed by atoms with E-state index >= 15 is 0 Å². The first-order valence-corrected chi connectivity index (χ1v) is 7.82. The molecule has 2 N–H and O–H groups in total. The molecule has 6 heteroatoms. The van der Waals surface area contributed by atoms with Crippen molar-refractivity contribution in [2.75, 3.05) is 13.2 Å². The molecule has 0 bridgehead atoms. The zero-order chi connectivity index (χ0) is 15.5. The fraction of sp³-hybridized carbons (Fsp3) is 0.625. The number of guanidine groups is 1. The first kappa shape index (κ1) is 20.9. The van der Waals surface area contributed by atoms with Crippen LogP contribution in [-0.4, -0.2) is 30.1 Å². The average Bonchev–Trinajstić information content (AvgIpc) is 2.51. The lowest BCUT2D eigenvalue weighted by atomic mass is 10.2. The van der Waals surface area contributed by atoms with Crippen LogP contribution in [0.15, 0.2) is 23.3 Å². The predicted octanol–water partition coefficient (Wildman–Crippen LogP) is 3.34. The zero-order valence-electron chi connectivity index (χ0n) is 14.1. The van der Waals surface area contributed by atoms with Crippen LogP contribution < -0.4 is 15.4 Å². The van der Waals surface area contributed by atoms with E-state index in [1.807, 2.05) is 12.1 Å². The molecule has 0 aromatic carbocycles. The van der Waals surface area contributed by atoms with Gasteiger partial charge in [-0.2, -0.15) is 0 Å². The normalized spacial score (nSPS) is 12.3. The van der Waals surface area contributed by atoms with E-state index in [2.05, 4.69) is 48.3 Å². The Morgan fingerprint density at radius 2 is 2.14 bits per heavy atom. The number of aliphatic imine (C=N–C) groups is 1. The van der Waals surface area contributed by atoms with Crippen LogP contribution in [0.5, 0.6) is 5.88 Å². The van der Waals surface area contributed by atoms with E-state index < -0.39 is 0 Å². The summed E-state index contributed by atoms with van der Waals surface area (Å²) >= 11 is 0. The van der Waals surface area contributed by atoms with Gasteiger partial charge < -0.3 is 15.4 Å². The summed E-state index contributed by atoms with van der Waals surface area (Å²) in [5, 5.41) is 6.64. The summed E-state index contributed by atoms with van der Waals surface area (Å²) in [4.78, 5) is 8.90. The summed E-state index contributed by atoms with van der Waals surface area (Å²) in [7, 11) is 0. The first-order chi connectivity index (χ1) is 10.2. The van der Waals surface area contributed by atoms with E-state index in [9.17, 15) is 0 Å². The third-order valence-electron chi connectivity index (χ3n) is 3.04. The van der Waals surface area contributed by atoms with Gasteiger partial charge in [0.05, 0.1) is 13.2 Å². The lowest BCUT2D eigenvalue weighted by Gasteiger charge is -2.16. The number of aromatic nitrogens is 1. The van der Waals surface area contributed by atoms with Gasteiger partial charge >= 0.3 is 0 Å². The topological polar surface area (TPSA) is 58.5 Å². The molecule has 0 aliphatic carbocycles. The Labute approximate surface area is 151 Å². The molecule has 1 heterocycles. The summed E-state index contributed by atoms with van der Waals surface area (Å²) < 4.78 is 5.66. The second-order valence-electron chi connectivity index (χ2n) is 4.96. The highest BCUT2D eigenvalue weighted by atomic mass is 127. The lowest BCUT2D eigenvalue weighted by Crippen LogP contribution is -2.41. The second kappa shape index (κ2) is 12.5. The zero-order valence-corrected chi connectivity index (χ0v) is 16.4. The van der Waals surface area contributed by atoms with Gasteiger partial charge in [-0.25, -0.2) is 9.98 Å². The standard InChI is InChI=1S/C16H28N4O.HI/c1-5-11-21-15-14(9-8-10-18-15)12-19-16(17-7-3)20-13(4)6-2;/h8-10,13H,5-7,11-12H2,1-4H3,(H2,17,19,20);1H. The predicted molar refractivity (Wildman–Crippen MR) is 103 cm³/mol. The Morgan fingerprint density at radius 3 is 2.77 bits per heavy atom. The van der Waals surface area contributed by atoms with Gasteiger partial charge in [-0.15, -0.1) is 24.0 Å². The molecule has 0 fully saturated rings. The number of hydrogen-bond donors (Lipinski definition) is 2. The van der Waals surface area contributed by atoms with Crippen LogP contribution in [0.3, 0.4) is 0 Å². The Morgan fingerprint density at radius 1 is 1.36 bits per heavy atom. The number of rotatable bonds is 8. The van der Waals surface area contributed by atoms with Crippen LogP contribution in [0, 0.1) is 0 Å². The quantitative estimate of drug-likeness (QED) is 0.385. The number of hydrogen-bond acceptors (Lipinski definition) is 3. The molecule has 1 rings (SSSR count). The molecule has 1 atom stereocenters. The number of nitrogens with one attached hydrogen (secondary N) is 2. The van der Waals surface area contributed by atoms with E-state index in [0.717, 1.165) is 30.9 Å². The van der Waals surface area contributed by atoms with Gasteiger partial charge in [0, 0.05) is 24.3 Å². The summed E-state index contributed by atoms with van der Waals surface area (Å²) in [5.74, 6) is 1.51. The van der Waals surface area contributed by atoms with Crippen molar-refractivity contribution in [2.45, 2.75) is 53.1 Å². The molecule has 1 unspecified atom stereocenters. The SMILES string of the molecule is CCCOc1ncccc1CN=C(NCC)NC(C)CC.I. The maximum absolute atomic E-state index is 5.66. The van der Waals surface area contributed by atoms with Gasteiger partial charge in [0.15, 0.2) is 5.96 Å². The molecule has 0 spiro atoms. The largest absolute Gasteiger partial charge is 0.477 e. The van der Waals surface area contributed by atoms with Crippen LogP contribution in [0.25, 0.3) is 0 Å². The molecule has 1 aromatic heterocycles. The summed E-state index contributed by atoms with van der Waals surface area (Å²) in [6.45, 7) is 10.5. The van der Waals surface area contributed by atoms with Gasteiger partial charge in [0.25, 0.3) is 0 Å². The molecule has 0 radical (unpaired) electrons. The Kier molecular flexibility index (Phi) is 11.9. The minimum absolute atomic E-state index is 0. The van der Waals surface area contributed by atoms with E-state index in [4.69, 9.17) is 4.74 Å². The van der Waals surface area contributed by atoms with Gasteiger partial charge in [-0.3, -0.25) is 0 Å². The molecule has 0 saturated carbocycles. The van der Waals surface area contributed by atoms with Crippen molar-refractivity contribution < 1.29 is 4.74 Å². The molecule has 0 saturated heterocycles. The Bertz CT molecular complexity index is 440. The first-order valence-electron chi connectivity index (χ1n) is 7.82. The molecule has 1 aromatic rings. The fourth-order valence-corrected chi connectivity index (χ4v) is 1.69. The van der Waals surface area contributed by atoms with Crippen molar-refractivity contribution in [3.05, 3.63) is 23.9 Å². The van der Waals surface area contributed by atoms with Crippen molar-refractivity contribution >= 4 is 29.9 Å². The van der Waals surface area contributed by atoms with E-state index in [1.165, 1.54) is 0 Å². The summed E-state index contributed by atoms with van der Waals surface area (Å²) in [5.41, 5.74) is 1.01. The molecule has 22 heavy (non-hydrogen) atoms. The van der Waals surface area contributed by atoms with Crippen LogP contribution in [0.1, 0.15) is 46.1 Å². The second-order valence-corrected chi connectivity index (χ2v) is 4.96. The van der Waals surface area contributed by atoms with Crippen molar-refractivity contribution in [1.29, 1.82) is 0 Å². The third-order valence-corrected chi connectivity index (χ3v) is 3.04. The highest BCUT2D eigenvalue weighted by molar-refractivity contribution is 14.0. The maximum atomic E-state index is 5.66. The molecular formula is C16H29IN4O. The number of halogens is 1. The number of nitrogens with zero attached hydrogens (tertiary/aromatic N) is 2. The number of ether oxygens (including phenoxy) is 1. The van der Waals surface area contributed by atoms with E-state index in [1.54, 1.807) is 6.20 Å². The van der Waals surface area contributed by atoms with Gasteiger partial charge in [0.2, 0.25) is 5.88 Å². The Hall–Kier alpha value is -1.05. The molecule has 0 aliphatic rings. The molecule has 5 nitrogen and oxygen atoms in total. The Balaban J connectivity index is 0.00000441. The minimum Gasteiger partial charge on any atom is -0.477 e. The minimum atomic E-state index is 0. The van der Waals surface area contributed by atoms with Crippen LogP contribution in [-0.2, 0) is 6.54 Å². The van der Waals surface area contributed by atoms with E-state index in [0.29, 0.717) is 25.1 Å². The van der Waals surface area contributed by atoms with Crippen LogP contribution in [0.4, 0.5) is 0 Å². The fourth-order valence-electron chi connectivity index (χ4n) is 1.69. The van der Waals surface area contributed by atoms with Crippen LogP contribution >= 0.6 is 24.0 Å². The van der Waals surface area contributed by atoms with Crippen molar-refractivity contribution in [1.82, 2.24) is 15.6 Å². The van der Waals surface area contributed by atoms with Crippen molar-refractivity contribution in [2.24, 2.45) is 4.99 Å². The summed E-state index contributed by atoms with van der Waals surface area (Å²) in [6, 6.07) is 4.32. The highest BCUT2D eigenvalue weighted by Crippen LogP contribution is 2.15. The molecule has 0 aliphatic heterocycles. The van der Waals surface area contributed by atoms with Crippen molar-refractivity contribution in [3.8, 4) is 5.88 Å². The van der Waals surface area contributed by atoms with Crippen molar-refractivity contribution in [3.63, 3.8) is 0 Å². The average molecular weight is 420 g/mol. The van der Waals surface area contributed by atoms with Gasteiger partial charge in [-0.1, -0.05) is 19.9 Å². The monoisotopic (exact) mass is 420 g/mol. The molecule has 126 valence electrons. The van der Waals surface area contributed by atoms with Crippen LogP contribution in [0.2, 0.25) is 0 Å². The highest BCUT2D eigenvalue weighted by Gasteiger charge is 2.06. The lowest BCUT2D eigenvalue weighted by molar-refractivity contribution is 0.302. The van der Waals surface area contributed by atoms with E-state index in [-0.39, 0.29) is 24.0 Å². The number of pyridine rings is 1. The molecule has 0 amide bonds. The van der Waals surface area contributed by atoms with Gasteiger partial charge in [0.1, 0.15) is 0 Å². The smallest absolute Gasteiger partial charge is 0.218 e. The van der Waals surface area contributed by atoms with Gasteiger partial charge in [-0.05, 0) is 32.8 Å².